The van der Waals surface area contributed by atoms with Gasteiger partial charge in [-0.15, -0.1) is 11.8 Å². The van der Waals surface area contributed by atoms with Gasteiger partial charge in [0.25, 0.3) is 0 Å². The number of ether oxygens (including phenoxy) is 3. The first-order valence-corrected chi connectivity index (χ1v) is 12.3. The molecule has 36 heavy (non-hydrogen) atoms. The molecule has 3 aromatic carbocycles. The number of aryl methyl sites for hydroxylation is 1. The number of amides is 1. The standard InChI is InChI=1S/C16H15NOS.C11H17NO3.CH4O/c1-11-7-3-4-8-12(11)15-16(18)17(2)13-9-5-6-10-14(13)19-15;1-12(8-13-2)9-15-11-6-4-5-10(7-11)14-3;1-2/h3-10,15H,1-2H3;4-7H,8-9H2,1-3H3;2H,1H3. The number of rotatable bonds is 7. The molecule has 0 saturated carbocycles. The Morgan fingerprint density at radius 2 is 1.61 bits per heavy atom. The van der Waals surface area contributed by atoms with Gasteiger partial charge in [-0.25, -0.2) is 0 Å². The molecule has 3 aromatic rings. The molecular weight excluding hydrogens is 476 g/mol. The van der Waals surface area contributed by atoms with Crippen LogP contribution < -0.4 is 14.4 Å². The Morgan fingerprint density at radius 3 is 2.31 bits per heavy atom. The molecule has 0 saturated heterocycles. The summed E-state index contributed by atoms with van der Waals surface area (Å²) in [6, 6.07) is 23.7. The zero-order valence-electron chi connectivity index (χ0n) is 21.8. The van der Waals surface area contributed by atoms with Gasteiger partial charge < -0.3 is 24.2 Å². The highest BCUT2D eigenvalue weighted by atomic mass is 32.2. The van der Waals surface area contributed by atoms with Crippen LogP contribution in [0.4, 0.5) is 5.69 Å². The molecule has 0 aromatic heterocycles. The highest BCUT2D eigenvalue weighted by molar-refractivity contribution is 8.00. The molecule has 0 bridgehead atoms. The number of carbonyl (C=O) groups excluding carboxylic acids is 1. The number of methoxy groups -OCH3 is 2. The summed E-state index contributed by atoms with van der Waals surface area (Å²) >= 11 is 1.64. The Bertz CT molecular complexity index is 1090. The lowest BCUT2D eigenvalue weighted by atomic mass is 10.0. The molecule has 7 nitrogen and oxygen atoms in total. The predicted molar refractivity (Wildman–Crippen MR) is 146 cm³/mol. The molecule has 1 unspecified atom stereocenters. The Kier molecular flexibility index (Phi) is 12.3. The van der Waals surface area contributed by atoms with E-state index in [0.29, 0.717) is 13.5 Å². The molecule has 1 aliphatic rings. The van der Waals surface area contributed by atoms with E-state index < -0.39 is 0 Å². The van der Waals surface area contributed by atoms with Crippen LogP contribution >= 0.6 is 11.8 Å². The van der Waals surface area contributed by atoms with Crippen LogP contribution in [-0.4, -0.2) is 64.8 Å². The summed E-state index contributed by atoms with van der Waals surface area (Å²) in [6.07, 6.45) is 0. The summed E-state index contributed by atoms with van der Waals surface area (Å²) in [5, 5.41) is 6.86. The van der Waals surface area contributed by atoms with Crippen molar-refractivity contribution in [1.29, 1.82) is 0 Å². The monoisotopic (exact) mass is 512 g/mol. The van der Waals surface area contributed by atoms with E-state index in [0.717, 1.165) is 34.8 Å². The van der Waals surface area contributed by atoms with Crippen molar-refractivity contribution in [1.82, 2.24) is 4.90 Å². The van der Waals surface area contributed by atoms with Crippen molar-refractivity contribution in [3.8, 4) is 11.5 Å². The van der Waals surface area contributed by atoms with Gasteiger partial charge in [0.05, 0.1) is 12.8 Å². The second-order valence-corrected chi connectivity index (χ2v) is 9.09. The van der Waals surface area contributed by atoms with Crippen molar-refractivity contribution in [2.45, 2.75) is 17.1 Å². The number of aliphatic hydroxyl groups is 1. The number of hydrogen-bond acceptors (Lipinski definition) is 7. The highest BCUT2D eigenvalue weighted by Crippen LogP contribution is 2.46. The maximum absolute atomic E-state index is 12.5. The topological polar surface area (TPSA) is 71.5 Å². The molecule has 0 spiro atoms. The summed E-state index contributed by atoms with van der Waals surface area (Å²) in [7, 11) is 8.06. The first-order valence-electron chi connectivity index (χ1n) is 11.4. The quantitative estimate of drug-likeness (QED) is 0.448. The van der Waals surface area contributed by atoms with Gasteiger partial charge >= 0.3 is 0 Å². The SMILES string of the molecule is CO.COCN(C)COc1cccc(OC)c1.Cc1ccccc1C1Sc2ccccc2N(C)C1=O. The van der Waals surface area contributed by atoms with E-state index >= 15 is 0 Å². The number of para-hydroxylation sites is 1. The molecule has 1 aliphatic heterocycles. The lowest BCUT2D eigenvalue weighted by Gasteiger charge is -2.31. The molecule has 0 fully saturated rings. The molecule has 1 atom stereocenters. The molecule has 0 aliphatic carbocycles. The first-order chi connectivity index (χ1) is 17.4. The van der Waals surface area contributed by atoms with E-state index in [2.05, 4.69) is 19.1 Å². The second-order valence-electron chi connectivity index (χ2n) is 7.95. The zero-order valence-corrected chi connectivity index (χ0v) is 22.6. The Morgan fingerprint density at radius 1 is 0.944 bits per heavy atom. The summed E-state index contributed by atoms with van der Waals surface area (Å²) in [6.45, 7) is 3.09. The maximum atomic E-state index is 12.5. The van der Waals surface area contributed by atoms with Gasteiger partial charge in [-0.1, -0.05) is 42.5 Å². The summed E-state index contributed by atoms with van der Waals surface area (Å²) < 4.78 is 15.6. The van der Waals surface area contributed by atoms with Gasteiger partial charge in [0.15, 0.2) is 0 Å². The average Bonchev–Trinajstić information content (AvgIpc) is 2.92. The fourth-order valence-corrected chi connectivity index (χ4v) is 4.90. The molecule has 4 rings (SSSR count). The molecule has 1 amide bonds. The number of nitrogens with zero attached hydrogens (tertiary/aromatic N) is 2. The fourth-order valence-electron chi connectivity index (χ4n) is 3.52. The summed E-state index contributed by atoms with van der Waals surface area (Å²) in [4.78, 5) is 17.4. The molecule has 8 heteroatoms. The van der Waals surface area contributed by atoms with Gasteiger partial charge in [-0.05, 0) is 49.4 Å². The third-order valence-corrected chi connectivity index (χ3v) is 6.63. The minimum absolute atomic E-state index is 0.138. The Hall–Kier alpha value is -3.04. The van der Waals surface area contributed by atoms with Crippen molar-refractivity contribution in [3.63, 3.8) is 0 Å². The number of anilines is 1. The van der Waals surface area contributed by atoms with Crippen molar-refractivity contribution in [2.24, 2.45) is 0 Å². The highest BCUT2D eigenvalue weighted by Gasteiger charge is 2.32. The number of aliphatic hydroxyl groups excluding tert-OH is 1. The van der Waals surface area contributed by atoms with Gasteiger partial charge in [-0.2, -0.15) is 0 Å². The number of thioether (sulfide) groups is 1. The van der Waals surface area contributed by atoms with Crippen LogP contribution in [0.15, 0.2) is 77.7 Å². The van der Waals surface area contributed by atoms with Crippen LogP contribution in [0.25, 0.3) is 0 Å². The number of likely N-dealkylation sites (N-methyl/N-ethyl adjacent to an activating group) is 1. The number of carbonyl (C=O) groups is 1. The largest absolute Gasteiger partial charge is 0.497 e. The number of fused-ring (bicyclic) bond motifs is 1. The van der Waals surface area contributed by atoms with Crippen LogP contribution in [0, 0.1) is 6.92 Å². The maximum Gasteiger partial charge on any atom is 0.244 e. The van der Waals surface area contributed by atoms with Gasteiger partial charge in [0, 0.05) is 32.2 Å². The van der Waals surface area contributed by atoms with E-state index in [9.17, 15) is 4.79 Å². The van der Waals surface area contributed by atoms with Crippen molar-refractivity contribution < 1.29 is 24.1 Å². The van der Waals surface area contributed by atoms with E-state index in [1.165, 1.54) is 5.56 Å². The lowest BCUT2D eigenvalue weighted by molar-refractivity contribution is -0.118. The van der Waals surface area contributed by atoms with Crippen LogP contribution in [0.2, 0.25) is 0 Å². The molecule has 1 N–H and O–H groups in total. The fraction of sp³-hybridized carbons (Fsp3) is 0.321. The minimum Gasteiger partial charge on any atom is -0.497 e. The summed E-state index contributed by atoms with van der Waals surface area (Å²) in [5.41, 5.74) is 3.28. The van der Waals surface area contributed by atoms with Gasteiger partial charge in [0.2, 0.25) is 5.91 Å². The van der Waals surface area contributed by atoms with Crippen LogP contribution in [0.5, 0.6) is 11.5 Å². The Labute approximate surface area is 218 Å². The van der Waals surface area contributed by atoms with E-state index in [-0.39, 0.29) is 11.2 Å². The average molecular weight is 513 g/mol. The van der Waals surface area contributed by atoms with Gasteiger partial charge in [0.1, 0.15) is 30.2 Å². The molecule has 194 valence electrons. The molecule has 0 radical (unpaired) electrons. The van der Waals surface area contributed by atoms with Crippen LogP contribution in [0.1, 0.15) is 16.4 Å². The van der Waals surface area contributed by atoms with Crippen molar-refractivity contribution in [2.75, 3.05) is 53.8 Å². The van der Waals surface area contributed by atoms with Crippen LogP contribution in [-0.2, 0) is 9.53 Å². The van der Waals surface area contributed by atoms with Crippen molar-refractivity contribution >= 4 is 23.4 Å². The normalized spacial score (nSPS) is 14.2. The van der Waals surface area contributed by atoms with E-state index in [1.807, 2.05) is 79.7 Å². The molecule has 1 heterocycles. The van der Waals surface area contributed by atoms with Crippen LogP contribution in [0.3, 0.4) is 0 Å². The Balaban J connectivity index is 0.000000244. The third-order valence-electron chi connectivity index (χ3n) is 5.34. The number of hydrogen-bond donors (Lipinski definition) is 1. The van der Waals surface area contributed by atoms with Crippen molar-refractivity contribution in [3.05, 3.63) is 83.9 Å². The third kappa shape index (κ3) is 7.99. The first kappa shape index (κ1) is 29.2. The van der Waals surface area contributed by atoms with E-state index in [4.69, 9.17) is 19.3 Å². The molecular formula is C28H36N2O5S. The summed E-state index contributed by atoms with van der Waals surface area (Å²) in [5.74, 6) is 1.73. The smallest absolute Gasteiger partial charge is 0.244 e. The second kappa shape index (κ2) is 15.2. The minimum atomic E-state index is -0.138. The van der Waals surface area contributed by atoms with E-state index in [1.54, 1.807) is 30.9 Å². The predicted octanol–water partition coefficient (Wildman–Crippen LogP) is 4.98. The lowest BCUT2D eigenvalue weighted by Crippen LogP contribution is -2.33. The van der Waals surface area contributed by atoms with Gasteiger partial charge in [-0.3, -0.25) is 9.69 Å². The zero-order chi connectivity index (χ0) is 26.5. The number of benzene rings is 3.